The van der Waals surface area contributed by atoms with Crippen LogP contribution in [-0.2, 0) is 197 Å². The number of aromatic nitrogens is 6. The van der Waals surface area contributed by atoms with E-state index >= 15 is 0 Å². The second kappa shape index (κ2) is 55.7. The van der Waals surface area contributed by atoms with Gasteiger partial charge in [0.15, 0.2) is 37.2 Å². The molecule has 6 aliphatic heterocycles. The van der Waals surface area contributed by atoms with Crippen molar-refractivity contribution in [3.63, 3.8) is 0 Å². The molecule has 1 amide bonds. The molecule has 8 heterocycles. The second-order valence-corrected chi connectivity index (χ2v) is 33.8. The van der Waals surface area contributed by atoms with Gasteiger partial charge in [-0.3, -0.25) is 9.59 Å². The van der Waals surface area contributed by atoms with Crippen LogP contribution in [0.2, 0.25) is 0 Å². The van der Waals surface area contributed by atoms with E-state index in [9.17, 15) is 19.8 Å². The summed E-state index contributed by atoms with van der Waals surface area (Å²) >= 11 is 0. The van der Waals surface area contributed by atoms with Crippen LogP contribution in [0.4, 0.5) is 0 Å². The van der Waals surface area contributed by atoms with E-state index in [-0.39, 0.29) is 116 Å². The predicted octanol–water partition coefficient (Wildman–Crippen LogP) is -2.48. The predicted molar refractivity (Wildman–Crippen MR) is 463 cm³/mol. The van der Waals surface area contributed by atoms with Gasteiger partial charge in [0, 0.05) is 175 Å². The summed E-state index contributed by atoms with van der Waals surface area (Å²) in [6.07, 6.45) is -19.9. The first-order chi connectivity index (χ1) is 65.0. The number of amides is 1. The van der Waals surface area contributed by atoms with E-state index in [1.807, 2.05) is 26.0 Å². The van der Waals surface area contributed by atoms with Crippen LogP contribution in [0.25, 0.3) is 0 Å². The maximum atomic E-state index is 14.0. The van der Waals surface area contributed by atoms with Gasteiger partial charge in [-0.2, -0.15) is 0 Å². The lowest BCUT2D eigenvalue weighted by Crippen LogP contribution is -2.69. The summed E-state index contributed by atoms with van der Waals surface area (Å²) in [7, 11) is 33.9. The Balaban J connectivity index is 0.680. The van der Waals surface area contributed by atoms with Crippen molar-refractivity contribution in [2.24, 2.45) is 11.8 Å². The first-order valence-electron chi connectivity index (χ1n) is 44.9. The number of methoxy groups -OCH3 is 22. The van der Waals surface area contributed by atoms with Gasteiger partial charge < -0.3 is 187 Å². The van der Waals surface area contributed by atoms with Crippen molar-refractivity contribution in [1.82, 2.24) is 45.9 Å². The van der Waals surface area contributed by atoms with E-state index < -0.39 is 226 Å². The number of carbonyl (C=O) groups is 2. The van der Waals surface area contributed by atoms with Gasteiger partial charge in [-0.05, 0) is 25.0 Å². The number of nitrogens with zero attached hydrogens (tertiary/aromatic N) is 6. The summed E-state index contributed by atoms with van der Waals surface area (Å²) in [5.74, 6) is -1.47. The van der Waals surface area contributed by atoms with E-state index in [0.717, 1.165) is 11.1 Å². The van der Waals surface area contributed by atoms with Gasteiger partial charge in [0.2, 0.25) is 5.91 Å². The lowest BCUT2D eigenvalue weighted by atomic mass is 9.80. The number of ether oxygens (including phenoxy) is 34. The molecule has 8 aliphatic rings. The minimum atomic E-state index is -1.18. The standard InChI is InChI=1S/C87H149N9O38/c1-44-61(88-53-27-46(36-101-3)51(34-97)63(107-9)65(53)109-11)72(112-14)79(119-21)84(125-44)131-70-58(42-105-7)129-86(81(121-23)76(70)116-18)133-68-56(40-103-5)127-55(67(111-13)74(68)114-16)29-50(99)32-95-30-48(91-93-95)38-123-25-26-124-39-49-31-96(94-92-49)33-60(100)90-83-78(118-20)75(115-17)69(57(128-83)41-104-6)134-87-82(122-24)77(117-19)71(59(130-87)43-106-8)132-85-80(120-22)73(113-15)62(45(2)126-85)89-54-28-47(37-102-4)52(35-98)64(108-10)66(54)110-12/h27-28,30-31,44-45,51-59,61-89,97-98H,25-26,29,32-43H2,1-24H3,(H,90,100). The highest BCUT2D eigenvalue weighted by atomic mass is 16.8. The molecule has 2 aromatic heterocycles. The quantitative estimate of drug-likeness (QED) is 0.0338. The third kappa shape index (κ3) is 26.6. The molecule has 6 fully saturated rings. The molecule has 2 aromatic rings. The minimum absolute atomic E-state index is 0.00155. The van der Waals surface area contributed by atoms with Crippen LogP contribution < -0.4 is 16.0 Å². The zero-order valence-electron chi connectivity index (χ0n) is 81.6. The smallest absolute Gasteiger partial charge is 0.243 e. The van der Waals surface area contributed by atoms with Crippen molar-refractivity contribution in [2.75, 3.05) is 222 Å². The SMILES string of the molecule is COCC1=CC(NC2C(C)OC(OC3C(COC)OC(OC4C(COC)OC(CC(=O)Cn5cc(COCCOCc6cn(CC(=O)NC7OC(COC)C(OC8OC(COC)C(OC9OC(C)C(NC%10C=C(COC)C(CO)C(OC)C%10OC)C(OC)C9OC)C(OC)C8OC)C(OC)C7OC)nn6)nn5)C(OC)C4OC)C(OC)C3OC)C(OC)C2OC)C(OC)C(OC)C1CO. The zero-order chi connectivity index (χ0) is 97.0. The molecule has 134 heavy (non-hydrogen) atoms. The van der Waals surface area contributed by atoms with Gasteiger partial charge in [0.05, 0.1) is 146 Å². The number of aliphatic hydroxyl groups is 2. The Bertz CT molecular complexity index is 3530. The Morgan fingerprint density at radius 3 is 1.03 bits per heavy atom. The zero-order valence-corrected chi connectivity index (χ0v) is 81.6. The maximum absolute atomic E-state index is 14.0. The third-order valence-corrected chi connectivity index (χ3v) is 26.1. The molecule has 2 aliphatic carbocycles. The largest absolute Gasteiger partial charge is 0.396 e. The molecule has 6 saturated heterocycles. The topological polar surface area (TPSA) is 486 Å². The van der Waals surface area contributed by atoms with Crippen molar-refractivity contribution in [1.29, 1.82) is 0 Å². The second-order valence-electron chi connectivity index (χ2n) is 33.8. The summed E-state index contributed by atoms with van der Waals surface area (Å²) in [6, 6.07) is -1.82. The number of ketones is 1. The van der Waals surface area contributed by atoms with Gasteiger partial charge in [-0.15, -0.1) is 10.2 Å². The fraction of sp³-hybridized carbons (Fsp3) is 0.885. The van der Waals surface area contributed by atoms with Crippen molar-refractivity contribution < 1.29 is 181 Å². The van der Waals surface area contributed by atoms with Gasteiger partial charge >= 0.3 is 0 Å². The number of aliphatic hydroxyl groups excluding tert-OH is 2. The van der Waals surface area contributed by atoms with Crippen LogP contribution in [0.5, 0.6) is 0 Å². The fourth-order valence-electron chi connectivity index (χ4n) is 19.9. The molecule has 770 valence electrons. The molecule has 47 nitrogen and oxygen atoms in total. The average molecular weight is 1930 g/mol. The first kappa shape index (κ1) is 111. The van der Waals surface area contributed by atoms with Crippen LogP contribution in [0.15, 0.2) is 35.7 Å². The summed E-state index contributed by atoms with van der Waals surface area (Å²) in [5.41, 5.74) is 2.60. The van der Waals surface area contributed by atoms with Crippen molar-refractivity contribution in [3.05, 3.63) is 47.1 Å². The van der Waals surface area contributed by atoms with Crippen molar-refractivity contribution in [2.45, 2.75) is 267 Å². The first-order valence-corrected chi connectivity index (χ1v) is 44.9. The Hall–Kier alpha value is -4.62. The van der Waals surface area contributed by atoms with E-state index in [2.05, 4.69) is 36.6 Å². The summed E-state index contributed by atoms with van der Waals surface area (Å²) in [5, 5.41) is 48.0. The molecule has 0 aromatic carbocycles. The Labute approximate surface area is 783 Å². The average Bonchev–Trinajstić information content (AvgIpc) is 0.963. The normalized spacial score (nSPS) is 38.3. The highest BCUT2D eigenvalue weighted by molar-refractivity contribution is 5.78. The molecule has 47 heteroatoms. The van der Waals surface area contributed by atoms with E-state index in [0.29, 0.717) is 11.4 Å². The Kier molecular flexibility index (Phi) is 46.3. The highest BCUT2D eigenvalue weighted by Crippen LogP contribution is 2.42. The summed E-state index contributed by atoms with van der Waals surface area (Å²) in [4.78, 5) is 28.0. The molecule has 0 saturated carbocycles. The number of nitrogens with one attached hydrogen (secondary N) is 3. The van der Waals surface area contributed by atoms with E-state index in [1.165, 1.54) is 94.7 Å². The van der Waals surface area contributed by atoms with Crippen LogP contribution in [-0.4, -0.2) is 495 Å². The van der Waals surface area contributed by atoms with Crippen LogP contribution in [0.3, 0.4) is 0 Å². The molecule has 5 N–H and O–H groups in total. The molecular weight excluding hydrogens is 1780 g/mol. The van der Waals surface area contributed by atoms with Crippen LogP contribution in [0, 0.1) is 11.8 Å². The molecular formula is C87H149N9O38. The summed E-state index contributed by atoms with van der Waals surface area (Å²) < 4.78 is 214. The molecule has 0 spiro atoms. The van der Waals surface area contributed by atoms with Crippen LogP contribution in [0.1, 0.15) is 31.7 Å². The number of hydrogen-bond acceptors (Lipinski definition) is 44. The van der Waals surface area contributed by atoms with Crippen LogP contribution >= 0.6 is 0 Å². The fourth-order valence-corrected chi connectivity index (χ4v) is 19.9. The van der Waals surface area contributed by atoms with E-state index in [1.54, 1.807) is 83.5 Å². The molecule has 38 unspecified atom stereocenters. The number of rotatable bonds is 56. The molecule has 38 atom stereocenters. The van der Waals surface area contributed by atoms with Crippen molar-refractivity contribution in [3.8, 4) is 0 Å². The Morgan fingerprint density at radius 1 is 0.351 bits per heavy atom. The minimum Gasteiger partial charge on any atom is -0.396 e. The van der Waals surface area contributed by atoms with Gasteiger partial charge in [0.1, 0.15) is 159 Å². The lowest BCUT2D eigenvalue weighted by Gasteiger charge is -2.51. The molecule has 0 bridgehead atoms. The monoisotopic (exact) mass is 1930 g/mol. The third-order valence-electron chi connectivity index (χ3n) is 26.1. The lowest BCUT2D eigenvalue weighted by molar-refractivity contribution is -0.375. The van der Waals surface area contributed by atoms with Gasteiger partial charge in [0.25, 0.3) is 0 Å². The highest BCUT2D eigenvalue weighted by Gasteiger charge is 2.60. The van der Waals surface area contributed by atoms with E-state index in [4.69, 9.17) is 161 Å². The molecule has 0 radical (unpaired) electrons. The number of carbonyl (C=O) groups excluding carboxylic acids is 2. The van der Waals surface area contributed by atoms with Gasteiger partial charge in [-0.25, -0.2) is 9.36 Å². The maximum Gasteiger partial charge on any atom is 0.243 e. The summed E-state index contributed by atoms with van der Waals surface area (Å²) in [6.45, 7) is 3.98. The Morgan fingerprint density at radius 2 is 0.679 bits per heavy atom. The number of Topliss-reactive ketones (excluding diaryl/α,β-unsaturated/α-hetero) is 1. The molecule has 10 rings (SSSR count). The van der Waals surface area contributed by atoms with Crippen molar-refractivity contribution >= 4 is 11.7 Å². The number of hydrogen-bond donors (Lipinski definition) is 5. The van der Waals surface area contributed by atoms with Gasteiger partial charge in [-0.1, -0.05) is 22.6 Å².